The molecule has 3 heterocycles. The van der Waals surface area contributed by atoms with Gasteiger partial charge in [-0.15, -0.1) is 11.3 Å². The molecule has 0 saturated carbocycles. The Hall–Kier alpha value is -3.55. The number of aromatic nitrogens is 3. The molecular weight excluding hydrogens is 420 g/mol. The number of thiophene rings is 1. The molecule has 32 heavy (non-hydrogen) atoms. The van der Waals surface area contributed by atoms with Crippen LogP contribution in [0, 0.1) is 0 Å². The van der Waals surface area contributed by atoms with E-state index in [4.69, 9.17) is 20.2 Å². The lowest BCUT2D eigenvalue weighted by Crippen LogP contribution is -2.08. The van der Waals surface area contributed by atoms with E-state index in [0.29, 0.717) is 6.54 Å². The van der Waals surface area contributed by atoms with E-state index in [1.807, 2.05) is 36.4 Å². The first-order chi connectivity index (χ1) is 15.7. The first-order valence-corrected chi connectivity index (χ1v) is 11.3. The molecule has 3 N–H and O–H groups in total. The fourth-order valence-electron chi connectivity index (χ4n) is 3.98. The highest BCUT2D eigenvalue weighted by atomic mass is 32.1. The minimum atomic E-state index is 0.560. The third-order valence-corrected chi connectivity index (χ3v) is 6.43. The lowest BCUT2D eigenvalue weighted by Gasteiger charge is -2.05. The number of fused-ring (bicyclic) bond motifs is 1. The normalized spacial score (nSPS) is 11.2. The Morgan fingerprint density at radius 2 is 1.81 bits per heavy atom. The van der Waals surface area contributed by atoms with Crippen molar-refractivity contribution in [3.05, 3.63) is 66.2 Å². The molecular formula is C25H24N4O2S. The Labute approximate surface area is 190 Å². The molecule has 0 bridgehead atoms. The van der Waals surface area contributed by atoms with Gasteiger partial charge >= 0.3 is 0 Å². The summed E-state index contributed by atoms with van der Waals surface area (Å²) in [6, 6.07) is 18.2. The lowest BCUT2D eigenvalue weighted by atomic mass is 10.0. The van der Waals surface area contributed by atoms with Gasteiger partial charge in [-0.2, -0.15) is 0 Å². The molecule has 0 spiro atoms. The molecule has 6 nitrogen and oxygen atoms in total. The van der Waals surface area contributed by atoms with Gasteiger partial charge in [0, 0.05) is 41.3 Å². The largest absolute Gasteiger partial charge is 0.497 e. The van der Waals surface area contributed by atoms with Crippen LogP contribution >= 0.6 is 11.3 Å². The minimum Gasteiger partial charge on any atom is -0.497 e. The maximum Gasteiger partial charge on any atom is 0.148 e. The average molecular weight is 445 g/mol. The van der Waals surface area contributed by atoms with Crippen LogP contribution < -0.4 is 15.2 Å². The molecule has 0 atom stereocenters. The van der Waals surface area contributed by atoms with Gasteiger partial charge in [-0.05, 0) is 53.9 Å². The first kappa shape index (κ1) is 20.4. The third kappa shape index (κ3) is 3.55. The number of imidazole rings is 1. The van der Waals surface area contributed by atoms with Crippen LogP contribution in [0.15, 0.2) is 66.2 Å². The molecule has 0 saturated heterocycles. The highest BCUT2D eigenvalue weighted by Gasteiger charge is 2.20. The van der Waals surface area contributed by atoms with Crippen LogP contribution in [-0.2, 0) is 6.54 Å². The summed E-state index contributed by atoms with van der Waals surface area (Å²) < 4.78 is 13.0. The number of benzene rings is 2. The summed E-state index contributed by atoms with van der Waals surface area (Å²) >= 11 is 1.66. The summed E-state index contributed by atoms with van der Waals surface area (Å²) in [5, 5.41) is 3.15. The predicted molar refractivity (Wildman–Crippen MR) is 130 cm³/mol. The molecule has 5 rings (SSSR count). The van der Waals surface area contributed by atoms with E-state index in [0.717, 1.165) is 62.2 Å². The van der Waals surface area contributed by atoms with Crippen molar-refractivity contribution < 1.29 is 9.47 Å². The van der Waals surface area contributed by atoms with Gasteiger partial charge in [0.2, 0.25) is 0 Å². The number of rotatable bonds is 7. The number of aromatic amines is 1. The van der Waals surface area contributed by atoms with E-state index >= 15 is 0 Å². The predicted octanol–water partition coefficient (Wildman–Crippen LogP) is 5.40. The quantitative estimate of drug-likeness (QED) is 0.352. The number of hydrogen-bond acceptors (Lipinski definition) is 5. The van der Waals surface area contributed by atoms with E-state index in [9.17, 15) is 0 Å². The molecule has 0 radical (unpaired) electrons. The second-order valence-corrected chi connectivity index (χ2v) is 8.37. The SMILES string of the molecule is COc1ccc(-c2nc(-c3cccs3)[nH]c2-c2cn(CCN)c3ccc(OC)cc23)cc1. The molecule has 0 amide bonds. The van der Waals surface area contributed by atoms with Crippen molar-refractivity contribution in [1.82, 2.24) is 14.5 Å². The van der Waals surface area contributed by atoms with Crippen molar-refractivity contribution in [3.63, 3.8) is 0 Å². The molecule has 0 unspecified atom stereocenters. The zero-order valence-electron chi connectivity index (χ0n) is 18.0. The fraction of sp³-hybridized carbons (Fsp3) is 0.160. The van der Waals surface area contributed by atoms with Gasteiger partial charge in [-0.25, -0.2) is 4.98 Å². The maximum atomic E-state index is 5.90. The second-order valence-electron chi connectivity index (χ2n) is 7.42. The number of nitrogens with zero attached hydrogens (tertiary/aromatic N) is 2. The maximum absolute atomic E-state index is 5.90. The molecule has 162 valence electrons. The van der Waals surface area contributed by atoms with Gasteiger partial charge in [0.1, 0.15) is 17.3 Å². The van der Waals surface area contributed by atoms with E-state index in [2.05, 4.69) is 39.3 Å². The highest BCUT2D eigenvalue weighted by Crippen LogP contribution is 2.39. The Kier molecular flexibility index (Phi) is 5.43. The molecule has 0 aliphatic rings. The van der Waals surface area contributed by atoms with Crippen LogP contribution in [0.1, 0.15) is 0 Å². The van der Waals surface area contributed by atoms with Crippen LogP contribution in [0.5, 0.6) is 11.5 Å². The lowest BCUT2D eigenvalue weighted by molar-refractivity contribution is 0.415. The zero-order valence-corrected chi connectivity index (χ0v) is 18.8. The van der Waals surface area contributed by atoms with Crippen molar-refractivity contribution in [1.29, 1.82) is 0 Å². The molecule has 3 aromatic heterocycles. The zero-order chi connectivity index (χ0) is 22.1. The smallest absolute Gasteiger partial charge is 0.148 e. The van der Waals surface area contributed by atoms with Gasteiger partial charge in [0.15, 0.2) is 0 Å². The number of ether oxygens (including phenoxy) is 2. The molecule has 0 aliphatic heterocycles. The Bertz CT molecular complexity index is 1350. The highest BCUT2D eigenvalue weighted by molar-refractivity contribution is 7.13. The van der Waals surface area contributed by atoms with Crippen molar-refractivity contribution in [2.75, 3.05) is 20.8 Å². The average Bonchev–Trinajstić information content (AvgIpc) is 3.58. The van der Waals surface area contributed by atoms with Gasteiger partial charge in [-0.1, -0.05) is 6.07 Å². The van der Waals surface area contributed by atoms with Crippen LogP contribution in [-0.4, -0.2) is 35.3 Å². The van der Waals surface area contributed by atoms with Crippen molar-refractivity contribution in [3.8, 4) is 44.7 Å². The number of nitrogens with one attached hydrogen (secondary N) is 1. The number of hydrogen-bond donors (Lipinski definition) is 2. The van der Waals surface area contributed by atoms with Gasteiger partial charge in [0.25, 0.3) is 0 Å². The topological polar surface area (TPSA) is 78.1 Å². The summed E-state index contributed by atoms with van der Waals surface area (Å²) in [5.74, 6) is 2.48. The van der Waals surface area contributed by atoms with Crippen LogP contribution in [0.25, 0.3) is 44.1 Å². The number of methoxy groups -OCH3 is 2. The summed E-state index contributed by atoms with van der Waals surface area (Å²) in [4.78, 5) is 9.70. The summed E-state index contributed by atoms with van der Waals surface area (Å²) in [7, 11) is 3.36. The summed E-state index contributed by atoms with van der Waals surface area (Å²) in [5.41, 5.74) is 10.9. The Balaban J connectivity index is 1.75. The van der Waals surface area contributed by atoms with Crippen LogP contribution in [0.3, 0.4) is 0 Å². The standard InChI is InChI=1S/C25H24N4O2S/c1-30-17-7-5-16(6-8-17)23-24(28-25(27-23)22-4-3-13-32-22)20-15-29(12-11-26)21-10-9-18(31-2)14-19(20)21/h3-10,13-15H,11-12,26H2,1-2H3,(H,27,28). The van der Waals surface area contributed by atoms with Gasteiger partial charge < -0.3 is 24.8 Å². The van der Waals surface area contributed by atoms with Crippen molar-refractivity contribution in [2.45, 2.75) is 6.54 Å². The minimum absolute atomic E-state index is 0.560. The van der Waals surface area contributed by atoms with E-state index in [1.165, 1.54) is 0 Å². The van der Waals surface area contributed by atoms with E-state index in [-0.39, 0.29) is 0 Å². The summed E-state index contributed by atoms with van der Waals surface area (Å²) in [6.45, 7) is 1.29. The first-order valence-electron chi connectivity index (χ1n) is 10.4. The van der Waals surface area contributed by atoms with E-state index in [1.54, 1.807) is 25.6 Å². The second kappa shape index (κ2) is 8.53. The summed E-state index contributed by atoms with van der Waals surface area (Å²) in [6.07, 6.45) is 2.15. The van der Waals surface area contributed by atoms with Crippen LogP contribution in [0.4, 0.5) is 0 Å². The van der Waals surface area contributed by atoms with Gasteiger partial charge in [0.05, 0.1) is 30.5 Å². The monoisotopic (exact) mass is 444 g/mol. The third-order valence-electron chi connectivity index (χ3n) is 5.55. The molecule has 0 fully saturated rings. The van der Waals surface area contributed by atoms with Crippen molar-refractivity contribution >= 4 is 22.2 Å². The van der Waals surface area contributed by atoms with E-state index < -0.39 is 0 Å². The van der Waals surface area contributed by atoms with Crippen molar-refractivity contribution in [2.24, 2.45) is 5.73 Å². The number of H-pyrrole nitrogens is 1. The molecule has 2 aromatic carbocycles. The number of nitrogens with two attached hydrogens (primary N) is 1. The van der Waals surface area contributed by atoms with Gasteiger partial charge in [-0.3, -0.25) is 0 Å². The Morgan fingerprint density at radius 3 is 2.50 bits per heavy atom. The Morgan fingerprint density at radius 1 is 1.03 bits per heavy atom. The van der Waals surface area contributed by atoms with Crippen LogP contribution in [0.2, 0.25) is 0 Å². The molecule has 5 aromatic rings. The fourth-order valence-corrected chi connectivity index (χ4v) is 4.65. The molecule has 7 heteroatoms. The molecule has 0 aliphatic carbocycles.